The number of nitrogens with zero attached hydrogens (tertiary/aromatic N) is 1. The molecule has 1 heterocycles. The van der Waals surface area contributed by atoms with Crippen molar-refractivity contribution in [3.05, 3.63) is 35.9 Å². The molecule has 98 valence electrons. The lowest BCUT2D eigenvalue weighted by atomic mass is 10.0. The van der Waals surface area contributed by atoms with E-state index in [0.717, 1.165) is 10.8 Å². The maximum absolute atomic E-state index is 11.7. The normalized spacial score (nSPS) is 17.6. The van der Waals surface area contributed by atoms with E-state index in [9.17, 15) is 9.90 Å². The van der Waals surface area contributed by atoms with E-state index >= 15 is 0 Å². The van der Waals surface area contributed by atoms with Gasteiger partial charge in [-0.2, -0.15) is 0 Å². The van der Waals surface area contributed by atoms with Crippen molar-refractivity contribution in [2.24, 2.45) is 0 Å². The Morgan fingerprint density at radius 2 is 2.21 bits per heavy atom. The molecule has 0 spiro atoms. The molecule has 0 fully saturated rings. The van der Waals surface area contributed by atoms with E-state index in [4.69, 9.17) is 16.3 Å². The minimum atomic E-state index is -0.473. The van der Waals surface area contributed by atoms with Crippen LogP contribution in [0.1, 0.15) is 10.9 Å². The highest BCUT2D eigenvalue weighted by Crippen LogP contribution is 2.47. The number of fused-ring (bicyclic) bond motifs is 2. The number of halogens is 1. The summed E-state index contributed by atoms with van der Waals surface area (Å²) in [6, 6.07) is 9.29. The van der Waals surface area contributed by atoms with Crippen LogP contribution in [0.4, 0.5) is 10.5 Å². The molecule has 0 bridgehead atoms. The fraction of sp³-hybridized carbons (Fsp3) is 0.214. The monoisotopic (exact) mass is 277 g/mol. The Kier molecular flexibility index (Phi) is 2.75. The Hall–Kier alpha value is -1.94. The number of rotatable bonds is 0. The molecule has 0 radical (unpaired) electrons. The highest BCUT2D eigenvalue weighted by molar-refractivity contribution is 6.24. The third kappa shape index (κ3) is 1.71. The number of aromatic hydroxyl groups is 1. The summed E-state index contributed by atoms with van der Waals surface area (Å²) in [5.74, 6) is 0.138. The van der Waals surface area contributed by atoms with Crippen molar-refractivity contribution in [2.75, 3.05) is 18.6 Å². The summed E-state index contributed by atoms with van der Waals surface area (Å²) in [5, 5.41) is 11.5. The maximum Gasteiger partial charge on any atom is 0.414 e. The molecule has 1 aliphatic heterocycles. The summed E-state index contributed by atoms with van der Waals surface area (Å²) < 4.78 is 4.74. The zero-order valence-electron chi connectivity index (χ0n) is 10.3. The van der Waals surface area contributed by atoms with E-state index in [1.54, 1.807) is 0 Å². The number of hydrogen-bond acceptors (Lipinski definition) is 3. The molecule has 19 heavy (non-hydrogen) atoms. The third-order valence-electron chi connectivity index (χ3n) is 3.38. The first-order chi connectivity index (χ1) is 9.13. The van der Waals surface area contributed by atoms with Crippen molar-refractivity contribution in [3.8, 4) is 5.75 Å². The number of carbonyl (C=O) groups is 1. The number of hydrogen-bond donors (Lipinski definition) is 1. The van der Waals surface area contributed by atoms with Crippen molar-refractivity contribution in [1.29, 1.82) is 0 Å². The van der Waals surface area contributed by atoms with Crippen molar-refractivity contribution < 1.29 is 14.6 Å². The number of phenolic OH excluding ortho intramolecular Hbond substituents is 1. The minimum Gasteiger partial charge on any atom is -0.507 e. The van der Waals surface area contributed by atoms with E-state index in [1.807, 2.05) is 30.3 Å². The Balaban J connectivity index is 2.27. The predicted molar refractivity (Wildman–Crippen MR) is 74.0 cm³/mol. The van der Waals surface area contributed by atoms with E-state index in [-0.39, 0.29) is 5.75 Å². The number of alkyl halides is 1. The Morgan fingerprint density at radius 1 is 1.47 bits per heavy atom. The van der Waals surface area contributed by atoms with Crippen LogP contribution in [0.3, 0.4) is 0 Å². The fourth-order valence-corrected chi connectivity index (χ4v) is 2.85. The van der Waals surface area contributed by atoms with Crippen LogP contribution in [0.15, 0.2) is 30.3 Å². The van der Waals surface area contributed by atoms with Crippen molar-refractivity contribution >= 4 is 34.2 Å². The van der Waals surface area contributed by atoms with Crippen LogP contribution in [0.2, 0.25) is 0 Å². The van der Waals surface area contributed by atoms with Crippen LogP contribution >= 0.6 is 11.6 Å². The summed E-state index contributed by atoms with van der Waals surface area (Å²) >= 11 is 6.23. The first-order valence-electron chi connectivity index (χ1n) is 5.87. The second-order valence-corrected chi connectivity index (χ2v) is 4.95. The predicted octanol–water partition coefficient (Wildman–Crippen LogP) is 3.41. The topological polar surface area (TPSA) is 49.8 Å². The number of methoxy groups -OCH3 is 1. The van der Waals surface area contributed by atoms with Crippen LogP contribution in [0.25, 0.3) is 10.8 Å². The van der Waals surface area contributed by atoms with Gasteiger partial charge in [-0.1, -0.05) is 24.3 Å². The average Bonchev–Trinajstić information content (AvgIpc) is 2.75. The number of benzene rings is 2. The van der Waals surface area contributed by atoms with Gasteiger partial charge in [-0.3, -0.25) is 4.90 Å². The zero-order chi connectivity index (χ0) is 13.6. The van der Waals surface area contributed by atoms with Crippen LogP contribution in [-0.2, 0) is 4.74 Å². The molecule has 0 saturated heterocycles. The highest BCUT2D eigenvalue weighted by atomic mass is 35.5. The lowest BCUT2D eigenvalue weighted by Crippen LogP contribution is -2.28. The van der Waals surface area contributed by atoms with Gasteiger partial charge in [0.05, 0.1) is 24.7 Å². The number of phenols is 1. The molecular formula is C14H12ClNO3. The van der Waals surface area contributed by atoms with Crippen molar-refractivity contribution in [2.45, 2.75) is 5.38 Å². The van der Waals surface area contributed by atoms with Crippen LogP contribution in [-0.4, -0.2) is 24.9 Å². The van der Waals surface area contributed by atoms with Crippen LogP contribution < -0.4 is 4.90 Å². The van der Waals surface area contributed by atoms with Gasteiger partial charge in [0.25, 0.3) is 0 Å². The van der Waals surface area contributed by atoms with Crippen molar-refractivity contribution in [3.63, 3.8) is 0 Å². The number of carbonyl (C=O) groups excluding carboxylic acids is 1. The first-order valence-corrected chi connectivity index (χ1v) is 6.31. The lowest BCUT2D eigenvalue weighted by Gasteiger charge is -2.16. The van der Waals surface area contributed by atoms with E-state index in [0.29, 0.717) is 17.8 Å². The molecule has 3 rings (SSSR count). The molecule has 4 nitrogen and oxygen atoms in total. The molecule has 1 aliphatic rings. The molecule has 0 aliphatic carbocycles. The molecule has 2 aromatic carbocycles. The lowest BCUT2D eigenvalue weighted by molar-refractivity contribution is 0.179. The molecular weight excluding hydrogens is 266 g/mol. The van der Waals surface area contributed by atoms with Gasteiger partial charge in [0, 0.05) is 10.9 Å². The first kappa shape index (κ1) is 12.1. The molecule has 1 amide bonds. The van der Waals surface area contributed by atoms with E-state index in [1.165, 1.54) is 12.0 Å². The van der Waals surface area contributed by atoms with Crippen LogP contribution in [0.5, 0.6) is 5.75 Å². The number of amides is 1. The molecule has 1 unspecified atom stereocenters. The van der Waals surface area contributed by atoms with Gasteiger partial charge in [0.15, 0.2) is 0 Å². The molecule has 0 saturated carbocycles. The smallest absolute Gasteiger partial charge is 0.414 e. The highest BCUT2D eigenvalue weighted by Gasteiger charge is 2.35. The van der Waals surface area contributed by atoms with Gasteiger partial charge in [-0.15, -0.1) is 11.6 Å². The van der Waals surface area contributed by atoms with Gasteiger partial charge in [-0.25, -0.2) is 4.79 Å². The van der Waals surface area contributed by atoms with Crippen molar-refractivity contribution in [1.82, 2.24) is 0 Å². The molecule has 1 atom stereocenters. The molecule has 1 N–H and O–H groups in total. The second kappa shape index (κ2) is 4.31. The molecule has 2 aromatic rings. The largest absolute Gasteiger partial charge is 0.507 e. The summed E-state index contributed by atoms with van der Waals surface area (Å²) in [6.45, 7) is 0.299. The molecule has 5 heteroatoms. The van der Waals surface area contributed by atoms with Gasteiger partial charge in [0.2, 0.25) is 0 Å². The standard InChI is InChI=1S/C14H12ClNO3/c1-19-14(18)16-7-10(15)12-11(16)6-8-4-2-3-5-9(8)13(12)17/h2-6,10,17H,7H2,1H3. The van der Waals surface area contributed by atoms with E-state index < -0.39 is 11.5 Å². The minimum absolute atomic E-state index is 0.138. The third-order valence-corrected chi connectivity index (χ3v) is 3.74. The Morgan fingerprint density at radius 3 is 2.95 bits per heavy atom. The number of ether oxygens (including phenoxy) is 1. The summed E-state index contributed by atoms with van der Waals surface area (Å²) in [7, 11) is 1.32. The van der Waals surface area contributed by atoms with Gasteiger partial charge < -0.3 is 9.84 Å². The quantitative estimate of drug-likeness (QED) is 0.751. The van der Waals surface area contributed by atoms with Crippen LogP contribution in [0, 0.1) is 0 Å². The Bertz CT molecular complexity index is 671. The summed E-state index contributed by atoms with van der Waals surface area (Å²) in [6.07, 6.45) is -0.473. The average molecular weight is 278 g/mol. The van der Waals surface area contributed by atoms with Gasteiger partial charge in [-0.05, 0) is 11.5 Å². The molecule has 0 aromatic heterocycles. The van der Waals surface area contributed by atoms with E-state index in [2.05, 4.69) is 0 Å². The van der Waals surface area contributed by atoms with Gasteiger partial charge >= 0.3 is 6.09 Å². The zero-order valence-corrected chi connectivity index (χ0v) is 11.0. The SMILES string of the molecule is COC(=O)N1CC(Cl)c2c1cc1ccccc1c2O. The Labute approximate surface area is 115 Å². The summed E-state index contributed by atoms with van der Waals surface area (Å²) in [5.41, 5.74) is 1.20. The summed E-state index contributed by atoms with van der Waals surface area (Å²) in [4.78, 5) is 13.2. The maximum atomic E-state index is 11.7. The van der Waals surface area contributed by atoms with Gasteiger partial charge in [0.1, 0.15) is 5.75 Å². The second-order valence-electron chi connectivity index (χ2n) is 4.43. The number of anilines is 1. The fourth-order valence-electron chi connectivity index (χ4n) is 2.50.